The Morgan fingerprint density at radius 2 is 1.84 bits per heavy atom. The number of aromatic nitrogens is 1. The van der Waals surface area contributed by atoms with Crippen LogP contribution in [0.3, 0.4) is 0 Å². The second kappa shape index (κ2) is 7.85. The second-order valence-corrected chi connectivity index (χ2v) is 8.15. The summed E-state index contributed by atoms with van der Waals surface area (Å²) in [5.74, 6) is 0.0432. The molecule has 31 heavy (non-hydrogen) atoms. The summed E-state index contributed by atoms with van der Waals surface area (Å²) in [5, 5.41) is 7.54. The van der Waals surface area contributed by atoms with Crippen LogP contribution in [0.25, 0.3) is 22.0 Å². The second-order valence-electron chi connectivity index (χ2n) is 7.29. The highest BCUT2D eigenvalue weighted by Crippen LogP contribution is 2.34. The lowest BCUT2D eigenvalue weighted by Crippen LogP contribution is -2.48. The van der Waals surface area contributed by atoms with E-state index in [1.54, 1.807) is 11.0 Å². The van der Waals surface area contributed by atoms with Gasteiger partial charge in [0.2, 0.25) is 5.91 Å². The first-order valence-corrected chi connectivity index (χ1v) is 10.8. The molecule has 1 aliphatic heterocycles. The lowest BCUT2D eigenvalue weighted by Gasteiger charge is -2.33. The van der Waals surface area contributed by atoms with Gasteiger partial charge in [-0.2, -0.15) is 0 Å². The molecule has 5 rings (SSSR count). The maximum atomic E-state index is 12.9. The van der Waals surface area contributed by atoms with Gasteiger partial charge >= 0.3 is 0 Å². The third-order valence-corrected chi connectivity index (χ3v) is 5.98. The quantitative estimate of drug-likeness (QED) is 0.512. The topological polar surface area (TPSA) is 71.5 Å². The molecule has 3 aromatic carbocycles. The van der Waals surface area contributed by atoms with Crippen LogP contribution >= 0.6 is 11.3 Å². The monoisotopic (exact) mass is 429 g/mol. The van der Waals surface area contributed by atoms with Crippen LogP contribution in [-0.4, -0.2) is 29.4 Å². The SMILES string of the molecule is CC(=O)N1CC(C(=O)Nc2nc(-c3ccc4ccccc4c3)cs2)Oc2ccccc21. The van der Waals surface area contributed by atoms with Gasteiger partial charge in [0.1, 0.15) is 5.75 Å². The molecule has 1 aliphatic rings. The summed E-state index contributed by atoms with van der Waals surface area (Å²) in [7, 11) is 0. The smallest absolute Gasteiger partial charge is 0.269 e. The van der Waals surface area contributed by atoms with Gasteiger partial charge < -0.3 is 9.64 Å². The minimum Gasteiger partial charge on any atom is -0.476 e. The number of anilines is 2. The number of hydrogen-bond acceptors (Lipinski definition) is 5. The molecule has 154 valence electrons. The predicted molar refractivity (Wildman–Crippen MR) is 123 cm³/mol. The molecule has 0 aliphatic carbocycles. The van der Waals surface area contributed by atoms with Crippen LogP contribution in [0.2, 0.25) is 0 Å². The summed E-state index contributed by atoms with van der Waals surface area (Å²) in [5.41, 5.74) is 2.46. The van der Waals surface area contributed by atoms with E-state index in [0.29, 0.717) is 16.6 Å². The van der Waals surface area contributed by atoms with Crippen molar-refractivity contribution in [3.63, 3.8) is 0 Å². The van der Waals surface area contributed by atoms with Crippen molar-refractivity contribution >= 4 is 44.7 Å². The Hall–Kier alpha value is -3.71. The van der Waals surface area contributed by atoms with Gasteiger partial charge in [0, 0.05) is 17.9 Å². The van der Waals surface area contributed by atoms with Crippen LogP contribution < -0.4 is 15.0 Å². The molecule has 1 aromatic heterocycles. The number of benzene rings is 3. The Kier molecular flexibility index (Phi) is 4.88. The minimum absolute atomic E-state index is 0.138. The van der Waals surface area contributed by atoms with Crippen molar-refractivity contribution in [2.45, 2.75) is 13.0 Å². The molecule has 6 nitrogen and oxygen atoms in total. The first kappa shape index (κ1) is 19.3. The van der Waals surface area contributed by atoms with E-state index in [2.05, 4.69) is 34.6 Å². The lowest BCUT2D eigenvalue weighted by atomic mass is 10.1. The average Bonchev–Trinajstić information content (AvgIpc) is 3.26. The zero-order valence-electron chi connectivity index (χ0n) is 16.7. The Labute approximate surface area is 183 Å². The Balaban J connectivity index is 1.34. The van der Waals surface area contributed by atoms with Crippen LogP contribution in [0, 0.1) is 0 Å². The fourth-order valence-electron chi connectivity index (χ4n) is 3.67. The van der Waals surface area contributed by atoms with Crippen molar-refractivity contribution in [3.8, 4) is 17.0 Å². The molecule has 0 saturated heterocycles. The normalized spacial score (nSPS) is 15.3. The van der Waals surface area contributed by atoms with Crippen molar-refractivity contribution in [1.29, 1.82) is 0 Å². The zero-order chi connectivity index (χ0) is 21.4. The van der Waals surface area contributed by atoms with Gasteiger partial charge in [0.25, 0.3) is 5.91 Å². The van der Waals surface area contributed by atoms with E-state index in [9.17, 15) is 9.59 Å². The van der Waals surface area contributed by atoms with E-state index in [-0.39, 0.29) is 18.4 Å². The van der Waals surface area contributed by atoms with Crippen molar-refractivity contribution in [1.82, 2.24) is 4.98 Å². The van der Waals surface area contributed by atoms with Gasteiger partial charge in [-0.1, -0.05) is 48.5 Å². The third-order valence-electron chi connectivity index (χ3n) is 5.23. The maximum Gasteiger partial charge on any atom is 0.269 e. The first-order valence-electron chi connectivity index (χ1n) is 9.88. The molecular formula is C24H19N3O3S. The molecule has 2 heterocycles. The average molecular weight is 430 g/mol. The molecule has 4 aromatic rings. The summed E-state index contributed by atoms with van der Waals surface area (Å²) in [4.78, 5) is 31.1. The van der Waals surface area contributed by atoms with E-state index >= 15 is 0 Å². The number of nitrogens with zero attached hydrogens (tertiary/aromatic N) is 2. The fourth-order valence-corrected chi connectivity index (χ4v) is 4.39. The van der Waals surface area contributed by atoms with Gasteiger partial charge in [-0.05, 0) is 29.0 Å². The van der Waals surface area contributed by atoms with Gasteiger partial charge in [-0.25, -0.2) is 4.98 Å². The standard InChI is InChI=1S/C24H19N3O3S/c1-15(28)27-13-22(30-21-9-5-4-8-20(21)27)23(29)26-24-25-19(14-31-24)18-11-10-16-6-2-3-7-17(16)12-18/h2-12,14,22H,13H2,1H3,(H,25,26,29). The molecule has 0 saturated carbocycles. The van der Waals surface area contributed by atoms with Gasteiger partial charge in [-0.15, -0.1) is 11.3 Å². The number of thiazole rings is 1. The van der Waals surface area contributed by atoms with Crippen molar-refractivity contribution < 1.29 is 14.3 Å². The number of para-hydroxylation sites is 2. The fraction of sp³-hybridized carbons (Fsp3) is 0.125. The number of rotatable bonds is 3. The van der Waals surface area contributed by atoms with Gasteiger partial charge in [0.15, 0.2) is 11.2 Å². The van der Waals surface area contributed by atoms with Crippen molar-refractivity contribution in [3.05, 3.63) is 72.1 Å². The van der Waals surface area contributed by atoms with Crippen LogP contribution in [0.1, 0.15) is 6.92 Å². The highest BCUT2D eigenvalue weighted by Gasteiger charge is 2.32. The molecule has 1 unspecified atom stereocenters. The molecule has 1 atom stereocenters. The van der Waals surface area contributed by atoms with E-state index in [1.807, 2.05) is 41.8 Å². The summed E-state index contributed by atoms with van der Waals surface area (Å²) >= 11 is 1.36. The molecule has 0 spiro atoms. The zero-order valence-corrected chi connectivity index (χ0v) is 17.6. The largest absolute Gasteiger partial charge is 0.476 e. The van der Waals surface area contributed by atoms with E-state index < -0.39 is 6.10 Å². The van der Waals surface area contributed by atoms with E-state index in [1.165, 1.54) is 23.6 Å². The molecule has 2 amide bonds. The molecule has 0 radical (unpaired) electrons. The number of amides is 2. The third kappa shape index (κ3) is 3.75. The Morgan fingerprint density at radius 3 is 2.68 bits per heavy atom. The molecular weight excluding hydrogens is 410 g/mol. The van der Waals surface area contributed by atoms with Gasteiger partial charge in [-0.3, -0.25) is 14.9 Å². The number of carbonyl (C=O) groups excluding carboxylic acids is 2. The first-order chi connectivity index (χ1) is 15.1. The summed E-state index contributed by atoms with van der Waals surface area (Å²) < 4.78 is 5.86. The lowest BCUT2D eigenvalue weighted by molar-refractivity contribution is -0.123. The Morgan fingerprint density at radius 1 is 1.06 bits per heavy atom. The number of fused-ring (bicyclic) bond motifs is 2. The van der Waals surface area contributed by atoms with Crippen LogP contribution in [-0.2, 0) is 9.59 Å². The van der Waals surface area contributed by atoms with Crippen molar-refractivity contribution in [2.24, 2.45) is 0 Å². The summed E-state index contributed by atoms with van der Waals surface area (Å²) in [6.07, 6.45) is -0.813. The predicted octanol–water partition coefficient (Wildman–Crippen LogP) is 4.72. The number of nitrogens with one attached hydrogen (secondary N) is 1. The molecule has 0 fully saturated rings. The Bertz CT molecular complexity index is 1300. The van der Waals surface area contributed by atoms with Crippen LogP contribution in [0.15, 0.2) is 72.1 Å². The van der Waals surface area contributed by atoms with Crippen molar-refractivity contribution in [2.75, 3.05) is 16.8 Å². The highest BCUT2D eigenvalue weighted by molar-refractivity contribution is 7.14. The van der Waals surface area contributed by atoms with Gasteiger partial charge in [0.05, 0.1) is 17.9 Å². The number of hydrogen-bond donors (Lipinski definition) is 1. The number of ether oxygens (including phenoxy) is 1. The van der Waals surface area contributed by atoms with Crippen LogP contribution in [0.5, 0.6) is 5.75 Å². The summed E-state index contributed by atoms with van der Waals surface area (Å²) in [6, 6.07) is 21.5. The minimum atomic E-state index is -0.813. The molecule has 1 N–H and O–H groups in total. The summed E-state index contributed by atoms with van der Waals surface area (Å²) in [6.45, 7) is 1.63. The molecule has 7 heteroatoms. The van der Waals surface area contributed by atoms with E-state index in [4.69, 9.17) is 4.74 Å². The van der Waals surface area contributed by atoms with E-state index in [0.717, 1.165) is 16.6 Å². The van der Waals surface area contributed by atoms with Crippen LogP contribution in [0.4, 0.5) is 10.8 Å². The number of carbonyl (C=O) groups is 2. The molecule has 0 bridgehead atoms. The maximum absolute atomic E-state index is 12.9. The highest BCUT2D eigenvalue weighted by atomic mass is 32.1.